The molecule has 1 aromatic rings. The van der Waals surface area contributed by atoms with Gasteiger partial charge in [0.2, 0.25) is 0 Å². The van der Waals surface area contributed by atoms with Crippen molar-refractivity contribution in [1.82, 2.24) is 5.32 Å². The van der Waals surface area contributed by atoms with Crippen LogP contribution in [0.5, 0.6) is 5.75 Å². The van der Waals surface area contributed by atoms with Crippen LogP contribution in [0.25, 0.3) is 0 Å². The molecule has 0 spiro atoms. The lowest BCUT2D eigenvalue weighted by atomic mass is 10.2. The molecule has 1 aromatic carbocycles. The molecule has 104 valence electrons. The van der Waals surface area contributed by atoms with Gasteiger partial charge in [-0.1, -0.05) is 0 Å². The van der Waals surface area contributed by atoms with Crippen LogP contribution < -0.4 is 10.1 Å². The number of hydrogen-bond donors (Lipinski definition) is 2. The molecule has 0 bridgehead atoms. The summed E-state index contributed by atoms with van der Waals surface area (Å²) in [7, 11) is 1.33. The summed E-state index contributed by atoms with van der Waals surface area (Å²) in [5.41, 5.74) is 0.213. The highest BCUT2D eigenvalue weighted by molar-refractivity contribution is 5.87. The molecule has 0 saturated heterocycles. The van der Waals surface area contributed by atoms with Crippen molar-refractivity contribution in [2.24, 2.45) is 0 Å². The quantitative estimate of drug-likeness (QED) is 0.564. The first-order chi connectivity index (χ1) is 9.04. The number of carbonyl (C=O) groups excluding carboxylic acids is 1. The zero-order valence-corrected chi connectivity index (χ0v) is 10.9. The third-order valence-electron chi connectivity index (χ3n) is 2.48. The van der Waals surface area contributed by atoms with E-state index in [4.69, 9.17) is 9.84 Å². The molecule has 0 saturated carbocycles. The molecule has 1 rings (SSSR count). The van der Waals surface area contributed by atoms with Gasteiger partial charge in [0.05, 0.1) is 12.7 Å². The average molecular weight is 267 g/mol. The van der Waals surface area contributed by atoms with Crippen molar-refractivity contribution in [3.63, 3.8) is 0 Å². The minimum atomic E-state index is -0.972. The molecule has 0 radical (unpaired) electrons. The van der Waals surface area contributed by atoms with E-state index in [1.165, 1.54) is 19.2 Å². The molecule has 0 aliphatic carbocycles. The summed E-state index contributed by atoms with van der Waals surface area (Å²) in [6.45, 7) is 2.55. The third-order valence-corrected chi connectivity index (χ3v) is 2.48. The van der Waals surface area contributed by atoms with E-state index in [2.05, 4.69) is 10.1 Å². The second kappa shape index (κ2) is 7.38. The molecule has 2 N–H and O–H groups in total. The van der Waals surface area contributed by atoms with Gasteiger partial charge >= 0.3 is 11.9 Å². The van der Waals surface area contributed by atoms with Gasteiger partial charge < -0.3 is 19.9 Å². The molecule has 1 atom stereocenters. The first-order valence-corrected chi connectivity index (χ1v) is 5.82. The van der Waals surface area contributed by atoms with Gasteiger partial charge in [-0.15, -0.1) is 0 Å². The number of nitrogens with one attached hydrogen (secondary N) is 1. The van der Waals surface area contributed by atoms with Gasteiger partial charge in [-0.2, -0.15) is 0 Å². The summed E-state index contributed by atoms with van der Waals surface area (Å²) in [6.07, 6.45) is 0. The van der Waals surface area contributed by atoms with Crippen LogP contribution >= 0.6 is 0 Å². The van der Waals surface area contributed by atoms with Gasteiger partial charge in [0.15, 0.2) is 0 Å². The second-order valence-corrected chi connectivity index (χ2v) is 3.88. The second-order valence-electron chi connectivity index (χ2n) is 3.88. The van der Waals surface area contributed by atoms with E-state index >= 15 is 0 Å². The van der Waals surface area contributed by atoms with Crippen LogP contribution in [0.3, 0.4) is 0 Å². The molecule has 1 unspecified atom stereocenters. The molecular formula is C13H17NO5. The van der Waals surface area contributed by atoms with Gasteiger partial charge in [0.25, 0.3) is 0 Å². The molecule has 0 aliphatic heterocycles. The summed E-state index contributed by atoms with van der Waals surface area (Å²) < 4.78 is 9.96. The summed E-state index contributed by atoms with van der Waals surface area (Å²) in [6, 6.07) is 5.74. The van der Waals surface area contributed by atoms with Crippen molar-refractivity contribution in [2.45, 2.75) is 13.0 Å². The number of benzene rings is 1. The van der Waals surface area contributed by atoms with Crippen molar-refractivity contribution in [2.75, 3.05) is 20.3 Å². The third kappa shape index (κ3) is 4.97. The van der Waals surface area contributed by atoms with Crippen molar-refractivity contribution in [1.29, 1.82) is 0 Å². The lowest BCUT2D eigenvalue weighted by molar-refractivity contribution is -0.142. The Morgan fingerprint density at radius 3 is 2.47 bits per heavy atom. The van der Waals surface area contributed by atoms with Crippen molar-refractivity contribution in [3.05, 3.63) is 29.8 Å². The maximum Gasteiger partial charge on any atom is 0.335 e. The van der Waals surface area contributed by atoms with Gasteiger partial charge in [0.1, 0.15) is 18.4 Å². The number of carboxylic acids is 1. The number of hydrogen-bond acceptors (Lipinski definition) is 5. The van der Waals surface area contributed by atoms with E-state index in [0.29, 0.717) is 18.9 Å². The zero-order chi connectivity index (χ0) is 14.3. The van der Waals surface area contributed by atoms with Crippen LogP contribution in [0, 0.1) is 0 Å². The number of methoxy groups -OCH3 is 1. The molecule has 0 fully saturated rings. The number of esters is 1. The maximum absolute atomic E-state index is 11.1. The Hall–Kier alpha value is -2.08. The zero-order valence-electron chi connectivity index (χ0n) is 10.9. The van der Waals surface area contributed by atoms with Crippen LogP contribution in [0.4, 0.5) is 0 Å². The largest absolute Gasteiger partial charge is 0.492 e. The van der Waals surface area contributed by atoms with E-state index in [1.54, 1.807) is 19.1 Å². The van der Waals surface area contributed by atoms with E-state index in [9.17, 15) is 9.59 Å². The number of carbonyl (C=O) groups is 2. The summed E-state index contributed by atoms with van der Waals surface area (Å²) in [5.74, 6) is -0.719. The van der Waals surface area contributed by atoms with Gasteiger partial charge in [-0.25, -0.2) is 4.79 Å². The minimum absolute atomic E-state index is 0.213. The number of carboxylic acid groups (broad SMARTS) is 1. The monoisotopic (exact) mass is 267 g/mol. The standard InChI is InChI=1S/C13H17NO5/c1-9(13(17)18-2)14-7-8-19-11-5-3-10(4-6-11)12(15)16/h3-6,9,14H,7-8H2,1-2H3,(H,15,16). The molecule has 0 aromatic heterocycles. The van der Waals surface area contributed by atoms with Crippen LogP contribution in [-0.2, 0) is 9.53 Å². The average Bonchev–Trinajstić information content (AvgIpc) is 2.42. The first-order valence-electron chi connectivity index (χ1n) is 5.82. The van der Waals surface area contributed by atoms with Crippen molar-refractivity contribution in [3.8, 4) is 5.75 Å². The van der Waals surface area contributed by atoms with Crippen LogP contribution in [0.15, 0.2) is 24.3 Å². The Morgan fingerprint density at radius 1 is 1.32 bits per heavy atom. The van der Waals surface area contributed by atoms with E-state index in [1.807, 2.05) is 0 Å². The van der Waals surface area contributed by atoms with Gasteiger partial charge in [0, 0.05) is 6.54 Å². The molecule has 6 heteroatoms. The first kappa shape index (κ1) is 15.0. The Balaban J connectivity index is 2.29. The fourth-order valence-electron chi connectivity index (χ4n) is 1.40. The Morgan fingerprint density at radius 2 is 1.95 bits per heavy atom. The molecule has 0 heterocycles. The maximum atomic E-state index is 11.1. The summed E-state index contributed by atoms with van der Waals surface area (Å²) in [5, 5.41) is 11.7. The molecule has 0 aliphatic rings. The smallest absolute Gasteiger partial charge is 0.335 e. The van der Waals surface area contributed by atoms with Crippen LogP contribution in [-0.4, -0.2) is 43.3 Å². The lowest BCUT2D eigenvalue weighted by Crippen LogP contribution is -2.37. The highest BCUT2D eigenvalue weighted by Crippen LogP contribution is 2.11. The topological polar surface area (TPSA) is 84.9 Å². The SMILES string of the molecule is COC(=O)C(C)NCCOc1ccc(C(=O)O)cc1. The Kier molecular flexibility index (Phi) is 5.81. The van der Waals surface area contributed by atoms with Gasteiger partial charge in [-0.3, -0.25) is 4.79 Å². The lowest BCUT2D eigenvalue weighted by Gasteiger charge is -2.12. The van der Waals surface area contributed by atoms with Crippen LogP contribution in [0.1, 0.15) is 17.3 Å². The molecule has 6 nitrogen and oxygen atoms in total. The summed E-state index contributed by atoms with van der Waals surface area (Å²) >= 11 is 0. The number of rotatable bonds is 7. The summed E-state index contributed by atoms with van der Waals surface area (Å²) in [4.78, 5) is 21.7. The fourth-order valence-corrected chi connectivity index (χ4v) is 1.40. The van der Waals surface area contributed by atoms with Crippen molar-refractivity contribution >= 4 is 11.9 Å². The van der Waals surface area contributed by atoms with E-state index in [0.717, 1.165) is 0 Å². The highest BCUT2D eigenvalue weighted by atomic mass is 16.5. The highest BCUT2D eigenvalue weighted by Gasteiger charge is 2.11. The number of ether oxygens (including phenoxy) is 2. The molecule has 0 amide bonds. The predicted molar refractivity (Wildman–Crippen MR) is 68.4 cm³/mol. The number of aromatic carboxylic acids is 1. The predicted octanol–water partition coefficient (Wildman–Crippen LogP) is 0.915. The van der Waals surface area contributed by atoms with Gasteiger partial charge in [-0.05, 0) is 31.2 Å². The van der Waals surface area contributed by atoms with E-state index in [-0.39, 0.29) is 17.6 Å². The molecule has 19 heavy (non-hydrogen) atoms. The minimum Gasteiger partial charge on any atom is -0.492 e. The van der Waals surface area contributed by atoms with E-state index < -0.39 is 5.97 Å². The van der Waals surface area contributed by atoms with Crippen molar-refractivity contribution < 1.29 is 24.2 Å². The fraction of sp³-hybridized carbons (Fsp3) is 0.385. The Labute approximate surface area is 111 Å². The molecular weight excluding hydrogens is 250 g/mol. The normalized spacial score (nSPS) is 11.7. The van der Waals surface area contributed by atoms with Crippen LogP contribution in [0.2, 0.25) is 0 Å². The Bertz CT molecular complexity index is 429.